The van der Waals surface area contributed by atoms with E-state index in [1.54, 1.807) is 12.1 Å². The van der Waals surface area contributed by atoms with Gasteiger partial charge in [-0.15, -0.1) is 0 Å². The van der Waals surface area contributed by atoms with E-state index in [1.165, 1.54) is 19.1 Å². The van der Waals surface area contributed by atoms with Gasteiger partial charge >= 0.3 is 0 Å². The number of hydrogen-bond donors (Lipinski definition) is 2. The quantitative estimate of drug-likeness (QED) is 0.783. The fraction of sp³-hybridized carbons (Fsp3) is 0.500. The number of carbonyl (C=O) groups excluding carboxylic acids is 1. The van der Waals surface area contributed by atoms with Crippen LogP contribution in [0.5, 0.6) is 0 Å². The first kappa shape index (κ1) is 16.5. The van der Waals surface area contributed by atoms with Crippen molar-refractivity contribution < 1.29 is 13.2 Å². The van der Waals surface area contributed by atoms with E-state index in [9.17, 15) is 13.2 Å². The minimum atomic E-state index is -3.77. The van der Waals surface area contributed by atoms with Crippen LogP contribution in [0.15, 0.2) is 29.2 Å². The molecule has 1 aromatic carbocycles. The fourth-order valence-electron chi connectivity index (χ4n) is 1.88. The van der Waals surface area contributed by atoms with Crippen LogP contribution in [0.1, 0.15) is 33.6 Å². The number of para-hydroxylation sites is 1. The van der Waals surface area contributed by atoms with Crippen LogP contribution < -0.4 is 11.1 Å². The minimum Gasteiger partial charge on any atom is -0.398 e. The van der Waals surface area contributed by atoms with Crippen LogP contribution in [0.25, 0.3) is 0 Å². The van der Waals surface area contributed by atoms with Crippen molar-refractivity contribution in [2.45, 2.75) is 49.8 Å². The maximum absolute atomic E-state index is 12.4. The molecule has 1 amide bonds. The molecule has 0 aliphatic carbocycles. The van der Waals surface area contributed by atoms with Gasteiger partial charge in [-0.2, -0.15) is 0 Å². The highest BCUT2D eigenvalue weighted by molar-refractivity contribution is 7.93. The Morgan fingerprint density at radius 2 is 1.80 bits per heavy atom. The number of carbonyl (C=O) groups is 1. The molecular weight excluding hydrogens is 276 g/mol. The van der Waals surface area contributed by atoms with Crippen LogP contribution in [0.3, 0.4) is 0 Å². The van der Waals surface area contributed by atoms with Gasteiger partial charge in [-0.3, -0.25) is 4.79 Å². The molecule has 0 aliphatic heterocycles. The minimum absolute atomic E-state index is 0.00623. The van der Waals surface area contributed by atoms with Crippen LogP contribution in [0.4, 0.5) is 5.69 Å². The number of anilines is 1. The Kier molecular flexibility index (Phi) is 5.56. The Morgan fingerprint density at radius 3 is 2.30 bits per heavy atom. The highest BCUT2D eigenvalue weighted by Crippen LogP contribution is 2.22. The summed E-state index contributed by atoms with van der Waals surface area (Å²) in [5.41, 5.74) is 5.85. The van der Waals surface area contributed by atoms with Gasteiger partial charge in [0, 0.05) is 6.04 Å². The number of nitrogens with two attached hydrogens (primary N) is 1. The predicted molar refractivity (Wildman–Crippen MR) is 80.0 cm³/mol. The lowest BCUT2D eigenvalue weighted by Crippen LogP contribution is -2.43. The van der Waals surface area contributed by atoms with Crippen molar-refractivity contribution in [2.75, 3.05) is 5.73 Å². The van der Waals surface area contributed by atoms with Gasteiger partial charge in [0.05, 0.1) is 10.6 Å². The first-order valence-corrected chi connectivity index (χ1v) is 8.28. The number of nitrogens with one attached hydrogen (secondary N) is 1. The van der Waals surface area contributed by atoms with Crippen LogP contribution in [-0.4, -0.2) is 25.6 Å². The van der Waals surface area contributed by atoms with Gasteiger partial charge in [-0.25, -0.2) is 8.42 Å². The van der Waals surface area contributed by atoms with Gasteiger partial charge in [0.1, 0.15) is 5.25 Å². The summed E-state index contributed by atoms with van der Waals surface area (Å²) in [7, 11) is -3.77. The second kappa shape index (κ2) is 6.74. The third kappa shape index (κ3) is 3.50. The van der Waals surface area contributed by atoms with E-state index in [2.05, 4.69) is 5.32 Å². The van der Waals surface area contributed by atoms with E-state index in [0.29, 0.717) is 0 Å². The van der Waals surface area contributed by atoms with Crippen molar-refractivity contribution in [3.8, 4) is 0 Å². The molecule has 6 heteroatoms. The predicted octanol–water partition coefficient (Wildman–Crippen LogP) is 1.74. The SMILES string of the molecule is CCC(CC)NC(=O)C(C)S(=O)(=O)c1ccccc1N. The van der Waals surface area contributed by atoms with E-state index in [0.717, 1.165) is 12.8 Å². The number of amides is 1. The zero-order valence-electron chi connectivity index (χ0n) is 12.1. The van der Waals surface area contributed by atoms with E-state index in [4.69, 9.17) is 5.73 Å². The first-order chi connectivity index (χ1) is 9.34. The van der Waals surface area contributed by atoms with Crippen molar-refractivity contribution in [2.24, 2.45) is 0 Å². The zero-order valence-corrected chi connectivity index (χ0v) is 12.9. The lowest BCUT2D eigenvalue weighted by molar-refractivity contribution is -0.121. The summed E-state index contributed by atoms with van der Waals surface area (Å²) in [6, 6.07) is 6.18. The summed E-state index contributed by atoms with van der Waals surface area (Å²) in [5, 5.41) is 1.59. The highest BCUT2D eigenvalue weighted by Gasteiger charge is 2.31. The molecule has 1 unspecified atom stereocenters. The molecule has 0 radical (unpaired) electrons. The van der Waals surface area contributed by atoms with Gasteiger partial charge in [0.25, 0.3) is 0 Å². The van der Waals surface area contributed by atoms with Crippen LogP contribution in [0, 0.1) is 0 Å². The molecule has 20 heavy (non-hydrogen) atoms. The maximum Gasteiger partial charge on any atom is 0.238 e. The summed E-state index contributed by atoms with van der Waals surface area (Å²) in [5.74, 6) is -0.484. The number of sulfone groups is 1. The van der Waals surface area contributed by atoms with Crippen LogP contribution in [0.2, 0.25) is 0 Å². The number of rotatable bonds is 6. The average Bonchev–Trinajstić information content (AvgIpc) is 2.43. The van der Waals surface area contributed by atoms with Gasteiger partial charge in [0.15, 0.2) is 9.84 Å². The molecule has 1 rings (SSSR count). The summed E-state index contributed by atoms with van der Waals surface area (Å²) in [6.45, 7) is 5.28. The molecule has 0 spiro atoms. The maximum atomic E-state index is 12.4. The second-order valence-electron chi connectivity index (χ2n) is 4.75. The van der Waals surface area contributed by atoms with Gasteiger partial charge in [-0.1, -0.05) is 26.0 Å². The normalized spacial score (nSPS) is 13.2. The summed E-state index contributed by atoms with van der Waals surface area (Å²) in [6.07, 6.45) is 1.53. The van der Waals surface area contributed by atoms with E-state index < -0.39 is 21.0 Å². The van der Waals surface area contributed by atoms with Gasteiger partial charge in [0.2, 0.25) is 5.91 Å². The van der Waals surface area contributed by atoms with Crippen molar-refractivity contribution in [3.05, 3.63) is 24.3 Å². The smallest absolute Gasteiger partial charge is 0.238 e. The summed E-state index contributed by atoms with van der Waals surface area (Å²) >= 11 is 0. The number of hydrogen-bond acceptors (Lipinski definition) is 4. The van der Waals surface area contributed by atoms with Gasteiger partial charge in [-0.05, 0) is 31.9 Å². The van der Waals surface area contributed by atoms with Crippen LogP contribution in [-0.2, 0) is 14.6 Å². The molecule has 1 atom stereocenters. The standard InChI is InChI=1S/C14H22N2O3S/c1-4-11(5-2)16-14(17)10(3)20(18,19)13-9-7-6-8-12(13)15/h6-11H,4-5,15H2,1-3H3,(H,16,17). The Morgan fingerprint density at radius 1 is 1.25 bits per heavy atom. The van der Waals surface area contributed by atoms with E-state index >= 15 is 0 Å². The Hall–Kier alpha value is -1.56. The monoisotopic (exact) mass is 298 g/mol. The van der Waals surface area contributed by atoms with Crippen molar-refractivity contribution >= 4 is 21.4 Å². The molecule has 112 valence electrons. The average molecular weight is 298 g/mol. The topological polar surface area (TPSA) is 89.3 Å². The summed E-state index contributed by atoms with van der Waals surface area (Å²) in [4.78, 5) is 12.1. The number of benzene rings is 1. The van der Waals surface area contributed by atoms with Crippen molar-refractivity contribution in [1.82, 2.24) is 5.32 Å². The molecule has 0 bridgehead atoms. The molecule has 3 N–H and O–H groups in total. The van der Waals surface area contributed by atoms with E-state index in [-0.39, 0.29) is 16.6 Å². The summed E-state index contributed by atoms with van der Waals surface area (Å²) < 4.78 is 24.8. The third-order valence-corrected chi connectivity index (χ3v) is 5.52. The first-order valence-electron chi connectivity index (χ1n) is 6.73. The zero-order chi connectivity index (χ0) is 15.3. The third-order valence-electron chi connectivity index (χ3n) is 3.39. The Bertz CT molecular complexity index is 566. The Labute approximate surface area is 120 Å². The molecule has 5 nitrogen and oxygen atoms in total. The van der Waals surface area contributed by atoms with Crippen molar-refractivity contribution in [1.29, 1.82) is 0 Å². The Balaban J connectivity index is 2.99. The number of nitrogen functional groups attached to an aromatic ring is 1. The van der Waals surface area contributed by atoms with Crippen molar-refractivity contribution in [3.63, 3.8) is 0 Å². The van der Waals surface area contributed by atoms with Gasteiger partial charge < -0.3 is 11.1 Å². The van der Waals surface area contributed by atoms with Crippen LogP contribution >= 0.6 is 0 Å². The molecule has 0 aliphatic rings. The lowest BCUT2D eigenvalue weighted by Gasteiger charge is -2.19. The molecule has 1 aromatic rings. The fourth-order valence-corrected chi connectivity index (χ4v) is 3.28. The molecule has 0 saturated heterocycles. The highest BCUT2D eigenvalue weighted by atomic mass is 32.2. The lowest BCUT2D eigenvalue weighted by atomic mass is 10.2. The molecule has 0 aromatic heterocycles. The molecular formula is C14H22N2O3S. The second-order valence-corrected chi connectivity index (χ2v) is 6.98. The van der Waals surface area contributed by atoms with E-state index in [1.807, 2.05) is 13.8 Å². The molecule has 0 heterocycles. The molecule has 0 saturated carbocycles. The largest absolute Gasteiger partial charge is 0.398 e. The molecule has 0 fully saturated rings.